The van der Waals surface area contributed by atoms with Gasteiger partial charge in [0.05, 0.1) is 0 Å². The highest BCUT2D eigenvalue weighted by molar-refractivity contribution is 9.10. The van der Waals surface area contributed by atoms with Gasteiger partial charge in [-0.1, -0.05) is 28.1 Å². The van der Waals surface area contributed by atoms with Gasteiger partial charge in [-0.2, -0.15) is 0 Å². The standard InChI is InChI=1S/C17H18BrNO2/c1-12(20)14-5-8-17(21)15(9-14)11-19(2)10-13-3-6-16(18)7-4-13/h3-9,21H,10-11H2,1-2H3. The van der Waals surface area contributed by atoms with E-state index < -0.39 is 0 Å². The lowest BCUT2D eigenvalue weighted by molar-refractivity contribution is 0.101. The zero-order valence-corrected chi connectivity index (χ0v) is 13.7. The van der Waals surface area contributed by atoms with Crippen molar-refractivity contribution in [2.24, 2.45) is 0 Å². The molecule has 0 aliphatic carbocycles. The van der Waals surface area contributed by atoms with Crippen LogP contribution < -0.4 is 0 Å². The summed E-state index contributed by atoms with van der Waals surface area (Å²) in [5.41, 5.74) is 2.59. The Morgan fingerprint density at radius 2 is 1.81 bits per heavy atom. The number of aromatic hydroxyl groups is 1. The van der Waals surface area contributed by atoms with Crippen molar-refractivity contribution in [3.8, 4) is 5.75 Å². The number of phenolic OH excluding ortho intramolecular Hbond substituents is 1. The fourth-order valence-corrected chi connectivity index (χ4v) is 2.44. The van der Waals surface area contributed by atoms with Crippen molar-refractivity contribution in [2.75, 3.05) is 7.05 Å². The molecule has 0 aliphatic rings. The van der Waals surface area contributed by atoms with Gasteiger partial charge in [0.2, 0.25) is 0 Å². The Labute approximate surface area is 133 Å². The molecule has 0 unspecified atom stereocenters. The SMILES string of the molecule is CC(=O)c1ccc(O)c(CN(C)Cc2ccc(Br)cc2)c1. The second kappa shape index (κ2) is 6.87. The van der Waals surface area contributed by atoms with E-state index in [-0.39, 0.29) is 11.5 Å². The summed E-state index contributed by atoms with van der Waals surface area (Å²) in [5, 5.41) is 9.92. The largest absolute Gasteiger partial charge is 0.508 e. The smallest absolute Gasteiger partial charge is 0.159 e. The third-order valence-corrected chi connectivity index (χ3v) is 3.82. The van der Waals surface area contributed by atoms with Crippen molar-refractivity contribution in [1.29, 1.82) is 0 Å². The van der Waals surface area contributed by atoms with Crippen molar-refractivity contribution in [1.82, 2.24) is 4.90 Å². The molecular weight excluding hydrogens is 330 g/mol. The highest BCUT2D eigenvalue weighted by Crippen LogP contribution is 2.21. The van der Waals surface area contributed by atoms with Gasteiger partial charge in [-0.15, -0.1) is 0 Å². The van der Waals surface area contributed by atoms with E-state index in [1.54, 1.807) is 18.2 Å². The van der Waals surface area contributed by atoms with Crippen LogP contribution in [0.3, 0.4) is 0 Å². The maximum Gasteiger partial charge on any atom is 0.159 e. The number of phenols is 1. The summed E-state index contributed by atoms with van der Waals surface area (Å²) in [5.74, 6) is 0.231. The highest BCUT2D eigenvalue weighted by atomic mass is 79.9. The van der Waals surface area contributed by atoms with Crippen LogP contribution >= 0.6 is 15.9 Å². The molecule has 2 rings (SSSR count). The highest BCUT2D eigenvalue weighted by Gasteiger charge is 2.09. The van der Waals surface area contributed by atoms with Crippen LogP contribution in [0.1, 0.15) is 28.4 Å². The molecule has 0 aliphatic heterocycles. The predicted molar refractivity (Wildman–Crippen MR) is 87.4 cm³/mol. The average Bonchev–Trinajstić information content (AvgIpc) is 2.43. The number of ketones is 1. The number of carbonyl (C=O) groups is 1. The van der Waals surface area contributed by atoms with Crippen LogP contribution in [-0.2, 0) is 13.1 Å². The van der Waals surface area contributed by atoms with Crippen LogP contribution in [0.15, 0.2) is 46.9 Å². The lowest BCUT2D eigenvalue weighted by Crippen LogP contribution is -2.17. The molecule has 0 aromatic heterocycles. The number of carbonyl (C=O) groups excluding carboxylic acids is 1. The van der Waals surface area contributed by atoms with E-state index in [9.17, 15) is 9.90 Å². The second-order valence-corrected chi connectivity index (χ2v) is 6.11. The number of halogens is 1. The molecule has 21 heavy (non-hydrogen) atoms. The molecule has 1 N–H and O–H groups in total. The van der Waals surface area contributed by atoms with Crippen molar-refractivity contribution in [2.45, 2.75) is 20.0 Å². The van der Waals surface area contributed by atoms with E-state index >= 15 is 0 Å². The van der Waals surface area contributed by atoms with Crippen LogP contribution in [0.5, 0.6) is 5.75 Å². The molecule has 0 saturated heterocycles. The van der Waals surface area contributed by atoms with Crippen LogP contribution in [-0.4, -0.2) is 22.8 Å². The molecule has 0 spiro atoms. The minimum atomic E-state index is 0.00631. The number of rotatable bonds is 5. The summed E-state index contributed by atoms with van der Waals surface area (Å²) >= 11 is 3.42. The maximum absolute atomic E-state index is 11.4. The molecule has 0 fully saturated rings. The Morgan fingerprint density at radius 3 is 2.43 bits per heavy atom. The minimum Gasteiger partial charge on any atom is -0.508 e. The van der Waals surface area contributed by atoms with Gasteiger partial charge in [0, 0.05) is 28.7 Å². The molecule has 3 nitrogen and oxygen atoms in total. The summed E-state index contributed by atoms with van der Waals surface area (Å²) < 4.78 is 1.06. The van der Waals surface area contributed by atoms with Gasteiger partial charge in [0.25, 0.3) is 0 Å². The summed E-state index contributed by atoms with van der Waals surface area (Å²) in [6, 6.07) is 13.1. The zero-order chi connectivity index (χ0) is 15.4. The molecule has 0 heterocycles. The lowest BCUT2D eigenvalue weighted by Gasteiger charge is -2.18. The lowest BCUT2D eigenvalue weighted by atomic mass is 10.1. The first kappa shape index (κ1) is 15.7. The minimum absolute atomic E-state index is 0.00631. The third-order valence-electron chi connectivity index (χ3n) is 3.29. The van der Waals surface area contributed by atoms with Gasteiger partial charge < -0.3 is 5.11 Å². The maximum atomic E-state index is 11.4. The van der Waals surface area contributed by atoms with E-state index in [0.717, 1.165) is 16.6 Å². The topological polar surface area (TPSA) is 40.5 Å². The molecular formula is C17H18BrNO2. The molecule has 0 atom stereocenters. The van der Waals surface area contributed by atoms with Gasteiger partial charge in [-0.25, -0.2) is 0 Å². The third kappa shape index (κ3) is 4.41. The second-order valence-electron chi connectivity index (χ2n) is 5.20. The normalized spacial score (nSPS) is 10.9. The summed E-state index contributed by atoms with van der Waals surface area (Å²) in [7, 11) is 1.99. The van der Waals surface area contributed by atoms with E-state index in [1.807, 2.05) is 19.2 Å². The fourth-order valence-electron chi connectivity index (χ4n) is 2.18. The molecule has 0 radical (unpaired) electrons. The Hall–Kier alpha value is -1.65. The van der Waals surface area contributed by atoms with Crippen molar-refractivity contribution >= 4 is 21.7 Å². The van der Waals surface area contributed by atoms with Crippen LogP contribution in [0.2, 0.25) is 0 Å². The van der Waals surface area contributed by atoms with Crippen LogP contribution in [0.4, 0.5) is 0 Å². The molecule has 110 valence electrons. The summed E-state index contributed by atoms with van der Waals surface area (Å²) in [4.78, 5) is 13.5. The Balaban J connectivity index is 2.08. The molecule has 0 bridgehead atoms. The molecule has 0 saturated carbocycles. The van der Waals surface area contributed by atoms with Crippen molar-refractivity contribution in [3.63, 3.8) is 0 Å². The Kier molecular flexibility index (Phi) is 5.15. The first-order chi connectivity index (χ1) is 9.95. The number of hydrogen-bond donors (Lipinski definition) is 1. The molecule has 2 aromatic rings. The van der Waals surface area contributed by atoms with E-state index in [1.165, 1.54) is 12.5 Å². The molecule has 4 heteroatoms. The first-order valence-corrected chi connectivity index (χ1v) is 7.51. The van der Waals surface area contributed by atoms with E-state index in [4.69, 9.17) is 0 Å². The summed E-state index contributed by atoms with van der Waals surface area (Å²) in [6.07, 6.45) is 0. The predicted octanol–water partition coefficient (Wildman–Crippen LogP) is 3.99. The van der Waals surface area contributed by atoms with Gasteiger partial charge in [-0.05, 0) is 49.9 Å². The van der Waals surface area contributed by atoms with E-state index in [2.05, 4.69) is 33.0 Å². The quantitative estimate of drug-likeness (QED) is 0.831. The first-order valence-electron chi connectivity index (χ1n) is 6.71. The molecule has 2 aromatic carbocycles. The average molecular weight is 348 g/mol. The van der Waals surface area contributed by atoms with Gasteiger partial charge in [0.1, 0.15) is 5.75 Å². The van der Waals surface area contributed by atoms with Gasteiger partial charge in [-0.3, -0.25) is 9.69 Å². The number of hydrogen-bond acceptors (Lipinski definition) is 3. The monoisotopic (exact) mass is 347 g/mol. The number of nitrogens with zero attached hydrogens (tertiary/aromatic N) is 1. The van der Waals surface area contributed by atoms with E-state index in [0.29, 0.717) is 12.1 Å². The molecule has 0 amide bonds. The fraction of sp³-hybridized carbons (Fsp3) is 0.235. The Bertz CT molecular complexity index is 638. The van der Waals surface area contributed by atoms with Crippen molar-refractivity contribution < 1.29 is 9.90 Å². The number of Topliss-reactive ketones (excluding diaryl/α,β-unsaturated/α-hetero) is 1. The van der Waals surface area contributed by atoms with Crippen LogP contribution in [0, 0.1) is 0 Å². The Morgan fingerprint density at radius 1 is 1.14 bits per heavy atom. The van der Waals surface area contributed by atoms with Gasteiger partial charge >= 0.3 is 0 Å². The summed E-state index contributed by atoms with van der Waals surface area (Å²) in [6.45, 7) is 2.89. The van der Waals surface area contributed by atoms with Gasteiger partial charge in [0.15, 0.2) is 5.78 Å². The zero-order valence-electron chi connectivity index (χ0n) is 12.1. The van der Waals surface area contributed by atoms with Crippen LogP contribution in [0.25, 0.3) is 0 Å². The number of benzene rings is 2. The van der Waals surface area contributed by atoms with Crippen molar-refractivity contribution in [3.05, 3.63) is 63.6 Å².